The molecule has 44 heavy (non-hydrogen) atoms. The molecule has 0 atom stereocenters. The van der Waals surface area contributed by atoms with Gasteiger partial charge in [0.05, 0.1) is 47.9 Å². The van der Waals surface area contributed by atoms with E-state index in [1.54, 1.807) is 47.4 Å². The number of amides is 3. The number of carbonyl (C=O) groups is 2. The standard InChI is InChI=1S/C31H33N9O4/c1-31(2,3)25-16-26(38-44-25)35-30(42)34-21-8-10-22(11-9-21)40-24-18-33-17-23(32)27(24)28(36-40)19-4-6-20(7-5-19)29(41)37-39-12-14-43-15-13-39/h4-11,16-18H,12-15,32H2,1-3H3,(H,37,41)(H2,34,35,38,42). The number of nitrogens with one attached hydrogen (secondary N) is 3. The Balaban J connectivity index is 1.20. The third kappa shape index (κ3) is 6.09. The van der Waals surface area contributed by atoms with Gasteiger partial charge in [-0.05, 0) is 36.4 Å². The number of benzene rings is 2. The van der Waals surface area contributed by atoms with E-state index in [4.69, 9.17) is 20.1 Å². The topological polar surface area (TPSA) is 165 Å². The predicted octanol–water partition coefficient (Wildman–Crippen LogP) is 4.58. The van der Waals surface area contributed by atoms with Crippen molar-refractivity contribution >= 4 is 40.0 Å². The molecule has 0 unspecified atom stereocenters. The van der Waals surface area contributed by atoms with E-state index in [0.717, 1.165) is 16.6 Å². The molecule has 0 radical (unpaired) electrons. The summed E-state index contributed by atoms with van der Waals surface area (Å²) in [4.78, 5) is 29.6. The van der Waals surface area contributed by atoms with Gasteiger partial charge in [0.2, 0.25) is 0 Å². The lowest BCUT2D eigenvalue weighted by atomic mass is 9.93. The average Bonchev–Trinajstić information content (AvgIpc) is 3.64. The molecule has 2 aromatic carbocycles. The number of ether oxygens (including phenoxy) is 1. The van der Waals surface area contributed by atoms with Crippen molar-refractivity contribution < 1.29 is 18.8 Å². The minimum Gasteiger partial charge on any atom is -0.397 e. The number of anilines is 3. The van der Waals surface area contributed by atoms with Gasteiger partial charge in [0.1, 0.15) is 11.5 Å². The number of hydrazine groups is 1. The van der Waals surface area contributed by atoms with Crippen LogP contribution < -0.4 is 21.8 Å². The lowest BCUT2D eigenvalue weighted by molar-refractivity contribution is 0.0126. The number of carbonyl (C=O) groups excluding carboxylic acids is 2. The number of nitrogens with two attached hydrogens (primary N) is 1. The Morgan fingerprint density at radius 1 is 0.955 bits per heavy atom. The molecule has 1 aliphatic heterocycles. The van der Waals surface area contributed by atoms with Crippen LogP contribution >= 0.6 is 0 Å². The van der Waals surface area contributed by atoms with Crippen molar-refractivity contribution in [3.63, 3.8) is 0 Å². The minimum atomic E-state index is -0.447. The second-order valence-electron chi connectivity index (χ2n) is 11.5. The molecule has 1 fully saturated rings. The molecule has 5 aromatic rings. The molecule has 0 saturated carbocycles. The van der Waals surface area contributed by atoms with Gasteiger partial charge < -0.3 is 20.3 Å². The fourth-order valence-electron chi connectivity index (χ4n) is 4.80. The molecule has 3 aromatic heterocycles. The summed E-state index contributed by atoms with van der Waals surface area (Å²) in [6, 6.07) is 15.7. The van der Waals surface area contributed by atoms with Gasteiger partial charge in [-0.1, -0.05) is 38.1 Å². The van der Waals surface area contributed by atoms with Crippen LogP contribution in [-0.4, -0.2) is 63.2 Å². The summed E-state index contributed by atoms with van der Waals surface area (Å²) in [7, 11) is 0. The molecule has 5 N–H and O–H groups in total. The second-order valence-corrected chi connectivity index (χ2v) is 11.5. The Bertz CT molecular complexity index is 1800. The molecule has 226 valence electrons. The number of pyridine rings is 1. The highest BCUT2D eigenvalue weighted by Crippen LogP contribution is 2.33. The molecule has 0 bridgehead atoms. The van der Waals surface area contributed by atoms with Gasteiger partial charge in [0, 0.05) is 41.4 Å². The van der Waals surface area contributed by atoms with Gasteiger partial charge in [-0.3, -0.25) is 20.5 Å². The van der Waals surface area contributed by atoms with Crippen LogP contribution in [0.1, 0.15) is 36.9 Å². The van der Waals surface area contributed by atoms with E-state index in [1.807, 2.05) is 50.0 Å². The highest BCUT2D eigenvalue weighted by Gasteiger charge is 2.21. The van der Waals surface area contributed by atoms with E-state index in [2.05, 4.69) is 26.2 Å². The molecule has 3 amide bonds. The SMILES string of the molecule is CC(C)(C)c1cc(NC(=O)Nc2ccc(-n3nc(-c4ccc(C(=O)NN5CCOCC5)cc4)c4c(N)cncc43)cc2)no1. The zero-order valence-electron chi connectivity index (χ0n) is 24.6. The zero-order chi connectivity index (χ0) is 30.8. The summed E-state index contributed by atoms with van der Waals surface area (Å²) in [5.74, 6) is 0.814. The van der Waals surface area contributed by atoms with E-state index in [0.29, 0.717) is 66.0 Å². The number of urea groups is 1. The summed E-state index contributed by atoms with van der Waals surface area (Å²) in [6.45, 7) is 8.46. The fraction of sp³-hybridized carbons (Fsp3) is 0.258. The second kappa shape index (κ2) is 11.8. The summed E-state index contributed by atoms with van der Waals surface area (Å²) in [5.41, 5.74) is 13.6. The van der Waals surface area contributed by atoms with Crippen LogP contribution in [0, 0.1) is 0 Å². The van der Waals surface area contributed by atoms with Crippen molar-refractivity contribution in [2.24, 2.45) is 0 Å². The number of nitrogen functional groups attached to an aromatic ring is 1. The maximum absolute atomic E-state index is 12.8. The summed E-state index contributed by atoms with van der Waals surface area (Å²) >= 11 is 0. The van der Waals surface area contributed by atoms with Crippen LogP contribution in [0.2, 0.25) is 0 Å². The van der Waals surface area contributed by atoms with Crippen LogP contribution in [-0.2, 0) is 10.2 Å². The molecular weight excluding hydrogens is 562 g/mol. The summed E-state index contributed by atoms with van der Waals surface area (Å²) in [5, 5.41) is 16.9. The smallest absolute Gasteiger partial charge is 0.324 e. The Kier molecular flexibility index (Phi) is 7.72. The van der Waals surface area contributed by atoms with E-state index in [9.17, 15) is 9.59 Å². The van der Waals surface area contributed by atoms with Crippen molar-refractivity contribution in [1.29, 1.82) is 0 Å². The first-order valence-corrected chi connectivity index (χ1v) is 14.2. The zero-order valence-corrected chi connectivity index (χ0v) is 24.6. The highest BCUT2D eigenvalue weighted by molar-refractivity contribution is 6.02. The lowest BCUT2D eigenvalue weighted by Crippen LogP contribution is -2.48. The quantitative estimate of drug-likeness (QED) is 0.220. The van der Waals surface area contributed by atoms with Crippen molar-refractivity contribution in [3.8, 4) is 16.9 Å². The molecule has 0 aliphatic carbocycles. The first-order valence-electron chi connectivity index (χ1n) is 14.2. The Labute approximate surface area is 253 Å². The van der Waals surface area contributed by atoms with Crippen molar-refractivity contribution in [3.05, 3.63) is 78.3 Å². The van der Waals surface area contributed by atoms with Crippen LogP contribution in [0.15, 0.2) is 71.5 Å². The molecule has 4 heterocycles. The van der Waals surface area contributed by atoms with Crippen molar-refractivity contribution in [1.82, 2.24) is 30.4 Å². The van der Waals surface area contributed by atoms with Gasteiger partial charge in [-0.2, -0.15) is 5.10 Å². The molecule has 13 heteroatoms. The Hall–Kier alpha value is -5.27. The Morgan fingerprint density at radius 3 is 2.36 bits per heavy atom. The summed E-state index contributed by atoms with van der Waals surface area (Å²) < 4.78 is 12.4. The van der Waals surface area contributed by atoms with Gasteiger partial charge in [-0.15, -0.1) is 0 Å². The van der Waals surface area contributed by atoms with E-state index in [-0.39, 0.29) is 11.3 Å². The summed E-state index contributed by atoms with van der Waals surface area (Å²) in [6.07, 6.45) is 3.29. The molecule has 6 rings (SSSR count). The number of fused-ring (bicyclic) bond motifs is 1. The van der Waals surface area contributed by atoms with Crippen LogP contribution in [0.5, 0.6) is 0 Å². The highest BCUT2D eigenvalue weighted by atomic mass is 16.5. The predicted molar refractivity (Wildman–Crippen MR) is 166 cm³/mol. The maximum Gasteiger partial charge on any atom is 0.324 e. The number of aromatic nitrogens is 4. The third-order valence-electron chi connectivity index (χ3n) is 7.17. The van der Waals surface area contributed by atoms with Crippen LogP contribution in [0.3, 0.4) is 0 Å². The molecule has 1 aliphatic rings. The van der Waals surface area contributed by atoms with E-state index >= 15 is 0 Å². The van der Waals surface area contributed by atoms with Crippen LogP contribution in [0.4, 0.5) is 22.0 Å². The number of nitrogens with zero attached hydrogens (tertiary/aromatic N) is 5. The molecule has 1 saturated heterocycles. The van der Waals surface area contributed by atoms with Gasteiger partial charge in [0.25, 0.3) is 5.91 Å². The number of hydrogen-bond donors (Lipinski definition) is 4. The number of hydrogen-bond acceptors (Lipinski definition) is 9. The maximum atomic E-state index is 12.8. The minimum absolute atomic E-state index is 0.185. The third-order valence-corrected chi connectivity index (χ3v) is 7.17. The van der Waals surface area contributed by atoms with E-state index in [1.165, 1.54) is 0 Å². The van der Waals surface area contributed by atoms with Crippen molar-refractivity contribution in [2.75, 3.05) is 42.7 Å². The molecule has 0 spiro atoms. The number of morpholine rings is 1. The normalized spacial score (nSPS) is 14.0. The van der Waals surface area contributed by atoms with Gasteiger partial charge in [0.15, 0.2) is 5.82 Å². The first-order chi connectivity index (χ1) is 21.2. The fourth-order valence-corrected chi connectivity index (χ4v) is 4.80. The lowest BCUT2D eigenvalue weighted by Gasteiger charge is -2.26. The molecule has 13 nitrogen and oxygen atoms in total. The van der Waals surface area contributed by atoms with Gasteiger partial charge >= 0.3 is 6.03 Å². The van der Waals surface area contributed by atoms with Crippen LogP contribution in [0.25, 0.3) is 27.8 Å². The number of rotatable bonds is 6. The van der Waals surface area contributed by atoms with Crippen molar-refractivity contribution in [2.45, 2.75) is 26.2 Å². The van der Waals surface area contributed by atoms with E-state index < -0.39 is 6.03 Å². The first kappa shape index (κ1) is 28.8. The Morgan fingerprint density at radius 2 is 1.68 bits per heavy atom. The monoisotopic (exact) mass is 595 g/mol. The van der Waals surface area contributed by atoms with Gasteiger partial charge in [-0.25, -0.2) is 14.5 Å². The average molecular weight is 596 g/mol. The molecular formula is C31H33N9O4. The largest absolute Gasteiger partial charge is 0.397 e.